The van der Waals surface area contributed by atoms with E-state index in [1.807, 2.05) is 30.3 Å². The third kappa shape index (κ3) is 5.47. The highest BCUT2D eigenvalue weighted by atomic mass is 35.5. The second-order valence-corrected chi connectivity index (χ2v) is 10.3. The number of amides is 1. The molecule has 4 rings (SSSR count). The molecule has 0 bridgehead atoms. The molecule has 0 aliphatic carbocycles. The van der Waals surface area contributed by atoms with Crippen molar-refractivity contribution in [2.75, 3.05) is 45.2 Å². The largest absolute Gasteiger partial charge is 0.495 e. The Morgan fingerprint density at radius 2 is 1.73 bits per heavy atom. The van der Waals surface area contributed by atoms with E-state index in [-0.39, 0.29) is 12.3 Å². The lowest BCUT2D eigenvalue weighted by Gasteiger charge is -2.33. The van der Waals surface area contributed by atoms with Crippen molar-refractivity contribution in [1.29, 1.82) is 0 Å². The first-order valence-electron chi connectivity index (χ1n) is 10.7. The molecule has 0 saturated carbocycles. The summed E-state index contributed by atoms with van der Waals surface area (Å²) in [5, 5.41) is 5.25. The first-order valence-corrected chi connectivity index (χ1v) is 12.5. The van der Waals surface area contributed by atoms with Gasteiger partial charge in [0.2, 0.25) is 15.9 Å². The normalized spacial score (nSPS) is 15.5. The molecule has 9 heteroatoms. The molecular formula is C24H26ClN3O4S. The molecule has 0 atom stereocenters. The zero-order valence-electron chi connectivity index (χ0n) is 18.3. The van der Waals surface area contributed by atoms with E-state index in [9.17, 15) is 13.2 Å². The Morgan fingerprint density at radius 3 is 2.45 bits per heavy atom. The van der Waals surface area contributed by atoms with Gasteiger partial charge in [-0.25, -0.2) is 8.42 Å². The van der Waals surface area contributed by atoms with E-state index in [1.165, 1.54) is 11.4 Å². The van der Waals surface area contributed by atoms with Crippen molar-refractivity contribution in [3.63, 3.8) is 0 Å². The third-order valence-electron chi connectivity index (χ3n) is 5.78. The minimum absolute atomic E-state index is 0.151. The van der Waals surface area contributed by atoms with Crippen molar-refractivity contribution in [3.05, 3.63) is 65.7 Å². The Bertz CT molecular complexity index is 1260. The number of methoxy groups -OCH3 is 1. The molecule has 3 aromatic rings. The molecule has 0 radical (unpaired) electrons. The van der Waals surface area contributed by atoms with Crippen LogP contribution in [0.4, 0.5) is 5.69 Å². The van der Waals surface area contributed by atoms with Gasteiger partial charge >= 0.3 is 0 Å². The minimum Gasteiger partial charge on any atom is -0.495 e. The van der Waals surface area contributed by atoms with Crippen LogP contribution in [0.1, 0.15) is 6.42 Å². The fourth-order valence-electron chi connectivity index (χ4n) is 3.92. The highest BCUT2D eigenvalue weighted by Crippen LogP contribution is 2.28. The van der Waals surface area contributed by atoms with Crippen LogP contribution in [0.3, 0.4) is 0 Å². The summed E-state index contributed by atoms with van der Waals surface area (Å²) in [5.41, 5.74) is 0.529. The van der Waals surface area contributed by atoms with Crippen molar-refractivity contribution in [2.45, 2.75) is 11.3 Å². The highest BCUT2D eigenvalue weighted by Gasteiger charge is 2.28. The summed E-state index contributed by atoms with van der Waals surface area (Å²) < 4.78 is 33.0. The van der Waals surface area contributed by atoms with E-state index >= 15 is 0 Å². The smallest absolute Gasteiger partial charge is 0.243 e. The average molecular weight is 488 g/mol. The van der Waals surface area contributed by atoms with Gasteiger partial charge in [0, 0.05) is 44.2 Å². The lowest BCUT2D eigenvalue weighted by molar-refractivity contribution is -0.116. The standard InChI is InChI=1S/C24H26ClN3O4S/c1-32-23-9-7-20(25)17-22(23)26-24(29)10-11-27-12-14-28(15-13-27)33(30,31)21-8-6-18-4-2-3-5-19(18)16-21/h2-9,16-17H,10-15H2,1H3,(H,26,29). The van der Waals surface area contributed by atoms with Gasteiger partial charge in [0.05, 0.1) is 17.7 Å². The van der Waals surface area contributed by atoms with Gasteiger partial charge in [-0.15, -0.1) is 0 Å². The van der Waals surface area contributed by atoms with Crippen molar-refractivity contribution in [1.82, 2.24) is 9.21 Å². The number of anilines is 1. The topological polar surface area (TPSA) is 79.0 Å². The van der Waals surface area contributed by atoms with Gasteiger partial charge < -0.3 is 15.0 Å². The van der Waals surface area contributed by atoms with Crippen LogP contribution in [-0.2, 0) is 14.8 Å². The van der Waals surface area contributed by atoms with Gasteiger partial charge in [0.25, 0.3) is 0 Å². The zero-order valence-corrected chi connectivity index (χ0v) is 19.9. The van der Waals surface area contributed by atoms with Crippen LogP contribution in [0, 0.1) is 0 Å². The third-order valence-corrected chi connectivity index (χ3v) is 7.91. The van der Waals surface area contributed by atoms with Gasteiger partial charge in [0.15, 0.2) is 0 Å². The molecule has 1 aliphatic rings. The molecule has 3 aromatic carbocycles. The summed E-state index contributed by atoms with van der Waals surface area (Å²) in [6.07, 6.45) is 0.285. The van der Waals surface area contributed by atoms with Crippen molar-refractivity contribution in [3.8, 4) is 5.75 Å². The molecule has 33 heavy (non-hydrogen) atoms. The number of carbonyl (C=O) groups excluding carboxylic acids is 1. The number of nitrogens with one attached hydrogen (secondary N) is 1. The quantitative estimate of drug-likeness (QED) is 0.548. The van der Waals surface area contributed by atoms with Gasteiger partial charge in [-0.05, 0) is 41.1 Å². The summed E-state index contributed by atoms with van der Waals surface area (Å²) in [4.78, 5) is 14.8. The summed E-state index contributed by atoms with van der Waals surface area (Å²) in [6, 6.07) is 18.0. The predicted octanol–water partition coefficient (Wildman–Crippen LogP) is 3.84. The van der Waals surface area contributed by atoms with Gasteiger partial charge in [-0.2, -0.15) is 4.31 Å². The van der Waals surface area contributed by atoms with Crippen LogP contribution >= 0.6 is 11.6 Å². The molecule has 1 aliphatic heterocycles. The Hall–Kier alpha value is -2.65. The monoisotopic (exact) mass is 487 g/mol. The van der Waals surface area contributed by atoms with E-state index in [2.05, 4.69) is 10.2 Å². The second kappa shape index (κ2) is 10.1. The number of rotatable bonds is 7. The number of halogens is 1. The highest BCUT2D eigenvalue weighted by molar-refractivity contribution is 7.89. The molecule has 1 fully saturated rings. The molecule has 0 unspecified atom stereocenters. The number of benzene rings is 3. The van der Waals surface area contributed by atoms with Gasteiger partial charge in [0.1, 0.15) is 5.75 Å². The van der Waals surface area contributed by atoms with Crippen LogP contribution in [0.2, 0.25) is 5.02 Å². The van der Waals surface area contributed by atoms with Crippen LogP contribution in [0.15, 0.2) is 65.6 Å². The van der Waals surface area contributed by atoms with Crippen molar-refractivity contribution in [2.24, 2.45) is 0 Å². The number of hydrogen-bond acceptors (Lipinski definition) is 5. The maximum absolute atomic E-state index is 13.1. The van der Waals surface area contributed by atoms with E-state index in [1.54, 1.807) is 30.3 Å². The number of hydrogen-bond donors (Lipinski definition) is 1. The molecule has 1 heterocycles. The molecule has 0 spiro atoms. The molecule has 7 nitrogen and oxygen atoms in total. The first-order chi connectivity index (χ1) is 15.9. The van der Waals surface area contributed by atoms with Gasteiger partial charge in [-0.1, -0.05) is 41.9 Å². The van der Waals surface area contributed by atoms with Crippen LogP contribution in [-0.4, -0.2) is 63.4 Å². The Morgan fingerprint density at radius 1 is 1.00 bits per heavy atom. The molecule has 1 amide bonds. The number of ether oxygens (including phenoxy) is 1. The zero-order chi connectivity index (χ0) is 23.4. The SMILES string of the molecule is COc1ccc(Cl)cc1NC(=O)CCN1CCN(S(=O)(=O)c2ccc3ccccc3c2)CC1. The van der Waals surface area contributed by atoms with Gasteiger partial charge in [-0.3, -0.25) is 4.79 Å². The number of fused-ring (bicyclic) bond motifs is 1. The Labute approximate surface area is 198 Å². The second-order valence-electron chi connectivity index (χ2n) is 7.90. The summed E-state index contributed by atoms with van der Waals surface area (Å²) in [5.74, 6) is 0.391. The molecular weight excluding hydrogens is 462 g/mol. The molecule has 1 saturated heterocycles. The van der Waals surface area contributed by atoms with Crippen molar-refractivity contribution < 1.29 is 17.9 Å². The number of piperazine rings is 1. The Balaban J connectivity index is 1.31. The number of sulfonamides is 1. The van der Waals surface area contributed by atoms with Crippen LogP contribution in [0.25, 0.3) is 10.8 Å². The fourth-order valence-corrected chi connectivity index (χ4v) is 5.55. The number of nitrogens with zero attached hydrogens (tertiary/aromatic N) is 2. The van der Waals surface area contributed by atoms with E-state index in [4.69, 9.17) is 16.3 Å². The number of carbonyl (C=O) groups is 1. The van der Waals surface area contributed by atoms with E-state index < -0.39 is 10.0 Å². The average Bonchev–Trinajstić information content (AvgIpc) is 2.83. The van der Waals surface area contributed by atoms with Crippen LogP contribution < -0.4 is 10.1 Å². The summed E-state index contributed by atoms with van der Waals surface area (Å²) in [6.45, 7) is 2.46. The summed E-state index contributed by atoms with van der Waals surface area (Å²) >= 11 is 6.01. The molecule has 0 aromatic heterocycles. The van der Waals surface area contributed by atoms with Crippen LogP contribution in [0.5, 0.6) is 5.75 Å². The van der Waals surface area contributed by atoms with E-state index in [0.29, 0.717) is 54.1 Å². The lowest BCUT2D eigenvalue weighted by atomic mass is 10.1. The lowest BCUT2D eigenvalue weighted by Crippen LogP contribution is -2.49. The fraction of sp³-hybridized carbons (Fsp3) is 0.292. The molecule has 174 valence electrons. The summed E-state index contributed by atoms with van der Waals surface area (Å²) in [7, 11) is -2.03. The maximum atomic E-state index is 13.1. The molecule has 1 N–H and O–H groups in total. The maximum Gasteiger partial charge on any atom is 0.243 e. The first kappa shape index (κ1) is 23.5. The van der Waals surface area contributed by atoms with Crippen molar-refractivity contribution >= 4 is 44.0 Å². The van der Waals surface area contributed by atoms with E-state index in [0.717, 1.165) is 10.8 Å². The Kier molecular flexibility index (Phi) is 7.19. The minimum atomic E-state index is -3.56. The predicted molar refractivity (Wildman–Crippen MR) is 130 cm³/mol.